The maximum absolute atomic E-state index is 13.3. The fourth-order valence-electron chi connectivity index (χ4n) is 6.14. The highest BCUT2D eigenvalue weighted by molar-refractivity contribution is 14.1. The molecule has 62 heavy (non-hydrogen) atoms. The number of alkyl halides is 11. The van der Waals surface area contributed by atoms with Crippen LogP contribution in [0.3, 0.4) is 0 Å². The maximum atomic E-state index is 13.3. The van der Waals surface area contributed by atoms with Crippen LogP contribution in [0.15, 0.2) is 0 Å². The van der Waals surface area contributed by atoms with Crippen molar-refractivity contribution >= 4 is 56.6 Å². The number of ether oxygens (including phenoxy) is 4. The van der Waals surface area contributed by atoms with Gasteiger partial charge in [-0.25, -0.2) is 0 Å². The molecule has 0 aromatic carbocycles. The summed E-state index contributed by atoms with van der Waals surface area (Å²) in [6, 6.07) is 0. The Morgan fingerprint density at radius 2 is 0.710 bits per heavy atom. The Labute approximate surface area is 372 Å². The average Bonchev–Trinajstić information content (AvgIpc) is 3.15. The Hall–Kier alpha value is -2.18. The van der Waals surface area contributed by atoms with Crippen LogP contribution >= 0.6 is 22.6 Å². The van der Waals surface area contributed by atoms with Crippen molar-refractivity contribution in [2.24, 2.45) is 10.8 Å². The summed E-state index contributed by atoms with van der Waals surface area (Å²) in [7, 11) is -3.53. The van der Waals surface area contributed by atoms with E-state index in [4.69, 9.17) is 18.9 Å². The smallest absolute Gasteiger partial charge is 0.453 e. The maximum Gasteiger partial charge on any atom is 0.453 e. The summed E-state index contributed by atoms with van der Waals surface area (Å²) in [5.74, 6) is -13.7. The molecule has 0 aliphatic carbocycles. The predicted octanol–water partition coefficient (Wildman–Crippen LogP) is 11.0. The molecule has 0 saturated heterocycles. The van der Waals surface area contributed by atoms with Crippen molar-refractivity contribution in [1.82, 2.24) is 0 Å². The van der Waals surface area contributed by atoms with E-state index in [0.717, 1.165) is 29.9 Å². The summed E-state index contributed by atoms with van der Waals surface area (Å²) >= 11 is 2.26. The standard InChI is InChI=1S/C20H33F5O7S.C19H30F5IO4/c1-4-30-16(26)18(17(27)31-5-2,13-11-14-19(21,22)20(23,24)25)12-9-7-6-8-10-15-32-33(3,28)29;1-3-28-15(26)17(16(27)29-4-2,11-8-6-5-7-9-14-25)12-10-13-18(20,21)19(22,23)24/h4-15H2,1-3H3;3-14H2,1-2H3. The van der Waals surface area contributed by atoms with Crippen LogP contribution in [0, 0.1) is 10.8 Å². The molecule has 0 spiro atoms. The van der Waals surface area contributed by atoms with Gasteiger partial charge < -0.3 is 18.9 Å². The molecular formula is C39H63F10IO11S. The lowest BCUT2D eigenvalue weighted by atomic mass is 9.77. The van der Waals surface area contributed by atoms with Gasteiger partial charge in [-0.1, -0.05) is 74.0 Å². The van der Waals surface area contributed by atoms with Gasteiger partial charge in [-0.3, -0.25) is 23.4 Å². The number of halogens is 11. The highest BCUT2D eigenvalue weighted by atomic mass is 127. The Balaban J connectivity index is 0. The van der Waals surface area contributed by atoms with Crippen molar-refractivity contribution in [3.8, 4) is 0 Å². The summed E-state index contributed by atoms with van der Waals surface area (Å²) in [6.45, 7) is 5.70. The summed E-state index contributed by atoms with van der Waals surface area (Å²) in [6.07, 6.45) is -9.71. The zero-order valence-electron chi connectivity index (χ0n) is 36.0. The molecule has 23 heteroatoms. The van der Waals surface area contributed by atoms with Gasteiger partial charge in [0.15, 0.2) is 10.8 Å². The minimum Gasteiger partial charge on any atom is -0.465 e. The van der Waals surface area contributed by atoms with Crippen LogP contribution in [-0.4, -0.2) is 100 Å². The minimum atomic E-state index is -5.73. The van der Waals surface area contributed by atoms with Crippen molar-refractivity contribution in [3.63, 3.8) is 0 Å². The number of carbonyl (C=O) groups is 4. The molecule has 0 aromatic heterocycles. The summed E-state index contributed by atoms with van der Waals surface area (Å²) in [5.41, 5.74) is -3.84. The van der Waals surface area contributed by atoms with Gasteiger partial charge in [0, 0.05) is 12.8 Å². The van der Waals surface area contributed by atoms with E-state index in [1.165, 1.54) is 27.7 Å². The first-order chi connectivity index (χ1) is 28.6. The van der Waals surface area contributed by atoms with E-state index in [2.05, 4.69) is 26.8 Å². The number of hydrogen-bond donors (Lipinski definition) is 0. The molecule has 0 radical (unpaired) electrons. The third-order valence-electron chi connectivity index (χ3n) is 9.47. The minimum absolute atomic E-state index is 0.00745. The van der Waals surface area contributed by atoms with Gasteiger partial charge in [0.2, 0.25) is 0 Å². The van der Waals surface area contributed by atoms with Gasteiger partial charge in [-0.15, -0.1) is 0 Å². The van der Waals surface area contributed by atoms with Crippen LogP contribution in [0.25, 0.3) is 0 Å². The number of unbranched alkanes of at least 4 members (excludes halogenated alkanes) is 8. The molecule has 0 fully saturated rings. The fraction of sp³-hybridized carbons (Fsp3) is 0.897. The number of rotatable bonds is 32. The Morgan fingerprint density at radius 3 is 0.984 bits per heavy atom. The lowest BCUT2D eigenvalue weighted by molar-refractivity contribution is -0.285. The van der Waals surface area contributed by atoms with Gasteiger partial charge in [-0.2, -0.15) is 52.3 Å². The Bertz CT molecular complexity index is 1380. The van der Waals surface area contributed by atoms with Crippen LogP contribution < -0.4 is 0 Å². The van der Waals surface area contributed by atoms with E-state index in [1.807, 2.05) is 0 Å². The first-order valence-electron chi connectivity index (χ1n) is 20.6. The molecule has 11 nitrogen and oxygen atoms in total. The van der Waals surface area contributed by atoms with E-state index in [0.29, 0.717) is 38.5 Å². The van der Waals surface area contributed by atoms with Gasteiger partial charge in [0.1, 0.15) is 0 Å². The number of hydrogen-bond acceptors (Lipinski definition) is 11. The van der Waals surface area contributed by atoms with Crippen molar-refractivity contribution < 1.29 is 94.6 Å². The molecule has 0 heterocycles. The van der Waals surface area contributed by atoms with E-state index in [-0.39, 0.29) is 52.3 Å². The average molecular weight is 1060 g/mol. The van der Waals surface area contributed by atoms with Crippen molar-refractivity contribution in [2.75, 3.05) is 43.7 Å². The first-order valence-corrected chi connectivity index (χ1v) is 23.9. The topological polar surface area (TPSA) is 149 Å². The molecule has 0 bridgehead atoms. The van der Waals surface area contributed by atoms with E-state index >= 15 is 0 Å². The second-order valence-electron chi connectivity index (χ2n) is 14.4. The van der Waals surface area contributed by atoms with Crippen molar-refractivity contribution in [2.45, 2.75) is 167 Å². The monoisotopic (exact) mass is 1060 g/mol. The molecule has 0 rings (SSSR count). The van der Waals surface area contributed by atoms with Crippen LogP contribution in [0.5, 0.6) is 0 Å². The van der Waals surface area contributed by atoms with Gasteiger partial charge in [0.25, 0.3) is 10.1 Å². The second kappa shape index (κ2) is 30.1. The lowest BCUT2D eigenvalue weighted by Crippen LogP contribution is -2.43. The van der Waals surface area contributed by atoms with E-state index in [9.17, 15) is 71.5 Å². The van der Waals surface area contributed by atoms with Crippen LogP contribution in [-0.2, 0) is 52.4 Å². The van der Waals surface area contributed by atoms with Gasteiger partial charge >= 0.3 is 48.1 Å². The van der Waals surface area contributed by atoms with Crippen LogP contribution in [0.1, 0.15) is 143 Å². The molecule has 0 saturated carbocycles. The predicted molar refractivity (Wildman–Crippen MR) is 216 cm³/mol. The summed E-state index contributed by atoms with van der Waals surface area (Å²) in [4.78, 5) is 50.4. The lowest BCUT2D eigenvalue weighted by Gasteiger charge is -2.30. The third kappa shape index (κ3) is 23.1. The van der Waals surface area contributed by atoms with Gasteiger partial charge in [0.05, 0.1) is 39.3 Å². The first kappa shape index (κ1) is 61.9. The molecule has 368 valence electrons. The third-order valence-corrected chi connectivity index (χ3v) is 10.8. The van der Waals surface area contributed by atoms with Crippen LogP contribution in [0.4, 0.5) is 43.9 Å². The largest absolute Gasteiger partial charge is 0.465 e. The zero-order chi connectivity index (χ0) is 48.3. The molecule has 0 aliphatic rings. The highest BCUT2D eigenvalue weighted by Gasteiger charge is 2.58. The number of esters is 4. The van der Waals surface area contributed by atoms with Crippen molar-refractivity contribution in [3.05, 3.63) is 0 Å². The Kier molecular flexibility index (Phi) is 30.1. The van der Waals surface area contributed by atoms with E-state index < -0.39 is 108 Å². The fourth-order valence-corrected chi connectivity index (χ4v) is 7.10. The van der Waals surface area contributed by atoms with Crippen molar-refractivity contribution in [1.29, 1.82) is 0 Å². The van der Waals surface area contributed by atoms with E-state index in [1.54, 1.807) is 0 Å². The molecule has 0 atom stereocenters. The SMILES string of the molecule is CCOC(=O)C(CCCCCCCI)(CCCC(F)(F)C(F)(F)F)C(=O)OCC.CCOC(=O)C(CCCCCCCOS(C)(=O)=O)(CCCC(F)(F)C(F)(F)F)C(=O)OCC. The molecule has 0 amide bonds. The molecule has 0 aromatic rings. The quantitative estimate of drug-likeness (QED) is 0.00926. The number of carbonyl (C=O) groups excluding carboxylic acids is 4. The zero-order valence-corrected chi connectivity index (χ0v) is 39.0. The van der Waals surface area contributed by atoms with Crippen LogP contribution in [0.2, 0.25) is 0 Å². The molecular weight excluding hydrogens is 993 g/mol. The summed E-state index contributed by atoms with van der Waals surface area (Å²) < 4.78 is 175. The Morgan fingerprint density at radius 1 is 0.435 bits per heavy atom. The van der Waals surface area contributed by atoms with Gasteiger partial charge in [-0.05, 0) is 83.5 Å². The summed E-state index contributed by atoms with van der Waals surface area (Å²) in [5, 5.41) is 0. The molecule has 0 N–H and O–H groups in total. The molecule has 0 aliphatic heterocycles. The normalized spacial score (nSPS) is 12.9. The molecule has 0 unspecified atom stereocenters. The highest BCUT2D eigenvalue weighted by Crippen LogP contribution is 2.43. The second-order valence-corrected chi connectivity index (χ2v) is 17.1.